The molecule has 0 radical (unpaired) electrons. The number of primary sulfonamides is 1. The van der Waals surface area contributed by atoms with Crippen LogP contribution in [0.15, 0.2) is 59.5 Å². The molecule has 0 spiro atoms. The van der Waals surface area contributed by atoms with Gasteiger partial charge in [-0.05, 0) is 42.5 Å². The third-order valence-electron chi connectivity index (χ3n) is 3.08. The minimum absolute atomic E-state index is 0.148. The lowest BCUT2D eigenvalue weighted by molar-refractivity contribution is 0.598. The second kappa shape index (κ2) is 5.99. The largest absolute Gasteiger partial charge is 0.238 e. The van der Waals surface area contributed by atoms with Gasteiger partial charge < -0.3 is 0 Å². The molecule has 0 amide bonds. The molecule has 1 aliphatic carbocycles. The zero-order valence-corrected chi connectivity index (χ0v) is 11.4. The summed E-state index contributed by atoms with van der Waals surface area (Å²) in [4.78, 5) is 0.148. The van der Waals surface area contributed by atoms with E-state index < -0.39 is 10.0 Å². The van der Waals surface area contributed by atoms with Crippen LogP contribution in [0, 0.1) is 0 Å². The molecule has 1 aliphatic rings. The highest BCUT2D eigenvalue weighted by Gasteiger charge is 2.07. The van der Waals surface area contributed by atoms with Crippen LogP contribution < -0.4 is 5.14 Å². The van der Waals surface area contributed by atoms with Crippen molar-refractivity contribution in [1.82, 2.24) is 0 Å². The van der Waals surface area contributed by atoms with E-state index in [1.54, 1.807) is 29.3 Å². The standard InChI is InChI=1S/C9H10.C6H7NO2S/c1-2-5-9-7-3-6-8(9)4-1;7-10(8,9)6-4-2-1-3-5-6/h1-2,4-5H,3,6-7H2;1-5H,(H2,7,8,9). The van der Waals surface area contributed by atoms with Gasteiger partial charge in [0.05, 0.1) is 4.90 Å². The van der Waals surface area contributed by atoms with Crippen molar-refractivity contribution in [2.75, 3.05) is 0 Å². The fourth-order valence-electron chi connectivity index (χ4n) is 2.12. The van der Waals surface area contributed by atoms with Gasteiger partial charge >= 0.3 is 0 Å². The van der Waals surface area contributed by atoms with E-state index in [2.05, 4.69) is 24.3 Å². The fraction of sp³-hybridized carbons (Fsp3) is 0.200. The van der Waals surface area contributed by atoms with Gasteiger partial charge in [-0.1, -0.05) is 42.5 Å². The highest BCUT2D eigenvalue weighted by atomic mass is 32.2. The summed E-state index contributed by atoms with van der Waals surface area (Å²) in [5.74, 6) is 0. The molecule has 2 N–H and O–H groups in total. The first kappa shape index (κ1) is 13.8. The fourth-order valence-corrected chi connectivity index (χ4v) is 2.66. The monoisotopic (exact) mass is 275 g/mol. The summed E-state index contributed by atoms with van der Waals surface area (Å²) in [5, 5.41) is 4.83. The Bertz CT molecular complexity index is 613. The van der Waals surface area contributed by atoms with Crippen LogP contribution in [0.3, 0.4) is 0 Å². The maximum absolute atomic E-state index is 10.6. The van der Waals surface area contributed by atoms with Crippen molar-refractivity contribution in [3.8, 4) is 0 Å². The molecule has 2 aromatic rings. The van der Waals surface area contributed by atoms with Crippen LogP contribution in [0.25, 0.3) is 0 Å². The van der Waals surface area contributed by atoms with Crippen molar-refractivity contribution in [2.45, 2.75) is 24.2 Å². The molecule has 4 heteroatoms. The van der Waals surface area contributed by atoms with Gasteiger partial charge in [-0.15, -0.1) is 0 Å². The van der Waals surface area contributed by atoms with E-state index in [-0.39, 0.29) is 4.90 Å². The van der Waals surface area contributed by atoms with Gasteiger partial charge in [-0.2, -0.15) is 0 Å². The maximum atomic E-state index is 10.6. The van der Waals surface area contributed by atoms with E-state index in [1.165, 1.54) is 31.4 Å². The smallest absolute Gasteiger partial charge is 0.225 e. The van der Waals surface area contributed by atoms with E-state index in [1.807, 2.05) is 0 Å². The highest BCUT2D eigenvalue weighted by Crippen LogP contribution is 2.20. The molecule has 0 saturated heterocycles. The number of nitrogens with two attached hydrogens (primary N) is 1. The summed E-state index contributed by atoms with van der Waals surface area (Å²) >= 11 is 0. The molecular weight excluding hydrogens is 258 g/mol. The summed E-state index contributed by atoms with van der Waals surface area (Å²) in [6.07, 6.45) is 3.96. The van der Waals surface area contributed by atoms with Gasteiger partial charge in [0.15, 0.2) is 0 Å². The number of hydrogen-bond acceptors (Lipinski definition) is 2. The Hall–Kier alpha value is -1.65. The predicted molar refractivity (Wildman–Crippen MR) is 76.3 cm³/mol. The Morgan fingerprint density at radius 2 is 1.26 bits per heavy atom. The quantitative estimate of drug-likeness (QED) is 0.869. The molecule has 0 unspecified atom stereocenters. The molecular formula is C15H17NO2S. The topological polar surface area (TPSA) is 60.2 Å². The third-order valence-corrected chi connectivity index (χ3v) is 4.01. The molecule has 0 aromatic heterocycles. The van der Waals surface area contributed by atoms with Crippen LogP contribution in [-0.4, -0.2) is 8.42 Å². The second-order valence-corrected chi connectivity index (χ2v) is 6.04. The van der Waals surface area contributed by atoms with Crippen LogP contribution in [0.1, 0.15) is 17.5 Å². The lowest BCUT2D eigenvalue weighted by Gasteiger charge is -1.93. The summed E-state index contributed by atoms with van der Waals surface area (Å²) in [5.41, 5.74) is 3.13. The van der Waals surface area contributed by atoms with Gasteiger partial charge in [0.1, 0.15) is 0 Å². The maximum Gasteiger partial charge on any atom is 0.238 e. The predicted octanol–water partition coefficient (Wildman–Crippen LogP) is 2.51. The lowest BCUT2D eigenvalue weighted by Crippen LogP contribution is -2.11. The van der Waals surface area contributed by atoms with Crippen LogP contribution in [0.4, 0.5) is 0 Å². The number of benzene rings is 2. The zero-order valence-electron chi connectivity index (χ0n) is 10.6. The van der Waals surface area contributed by atoms with Gasteiger partial charge in [0, 0.05) is 0 Å². The number of fused-ring (bicyclic) bond motifs is 1. The van der Waals surface area contributed by atoms with Crippen molar-refractivity contribution >= 4 is 10.0 Å². The second-order valence-electron chi connectivity index (χ2n) is 4.48. The Labute approximate surface area is 114 Å². The molecule has 0 saturated carbocycles. The van der Waals surface area contributed by atoms with E-state index in [0.717, 1.165) is 0 Å². The van der Waals surface area contributed by atoms with Crippen molar-refractivity contribution in [3.05, 3.63) is 65.7 Å². The molecule has 0 heterocycles. The Morgan fingerprint density at radius 1 is 0.789 bits per heavy atom. The minimum Gasteiger partial charge on any atom is -0.225 e. The molecule has 0 atom stereocenters. The zero-order chi connectivity index (χ0) is 13.7. The van der Waals surface area contributed by atoms with Gasteiger partial charge in [0.25, 0.3) is 0 Å². The van der Waals surface area contributed by atoms with Crippen molar-refractivity contribution in [3.63, 3.8) is 0 Å². The van der Waals surface area contributed by atoms with Gasteiger partial charge in [0.2, 0.25) is 10.0 Å². The molecule has 19 heavy (non-hydrogen) atoms. The van der Waals surface area contributed by atoms with Crippen LogP contribution in [-0.2, 0) is 22.9 Å². The molecule has 100 valence electrons. The summed E-state index contributed by atoms with van der Waals surface area (Å²) in [6, 6.07) is 16.6. The van der Waals surface area contributed by atoms with Crippen LogP contribution in [0.5, 0.6) is 0 Å². The Balaban J connectivity index is 0.000000141. The van der Waals surface area contributed by atoms with E-state index >= 15 is 0 Å². The van der Waals surface area contributed by atoms with Gasteiger partial charge in [-0.25, -0.2) is 13.6 Å². The van der Waals surface area contributed by atoms with Crippen LogP contribution in [0.2, 0.25) is 0 Å². The first-order chi connectivity index (χ1) is 9.07. The first-order valence-electron chi connectivity index (χ1n) is 6.22. The number of sulfonamides is 1. The summed E-state index contributed by atoms with van der Waals surface area (Å²) in [6.45, 7) is 0. The molecule has 0 bridgehead atoms. The average Bonchev–Trinajstić information content (AvgIpc) is 2.88. The average molecular weight is 275 g/mol. The molecule has 0 fully saturated rings. The Kier molecular flexibility index (Phi) is 4.35. The van der Waals surface area contributed by atoms with E-state index in [0.29, 0.717) is 0 Å². The molecule has 3 rings (SSSR count). The summed E-state index contributed by atoms with van der Waals surface area (Å²) in [7, 11) is -3.50. The van der Waals surface area contributed by atoms with E-state index in [9.17, 15) is 8.42 Å². The molecule has 3 nitrogen and oxygen atoms in total. The normalized spacial score (nSPS) is 13.3. The van der Waals surface area contributed by atoms with Crippen molar-refractivity contribution in [2.24, 2.45) is 5.14 Å². The Morgan fingerprint density at radius 3 is 1.68 bits per heavy atom. The number of hydrogen-bond donors (Lipinski definition) is 1. The summed E-state index contributed by atoms with van der Waals surface area (Å²) < 4.78 is 21.2. The van der Waals surface area contributed by atoms with Crippen molar-refractivity contribution < 1.29 is 8.42 Å². The lowest BCUT2D eigenvalue weighted by atomic mass is 10.1. The third kappa shape index (κ3) is 3.91. The van der Waals surface area contributed by atoms with Crippen molar-refractivity contribution in [1.29, 1.82) is 0 Å². The SMILES string of the molecule is NS(=O)(=O)c1ccccc1.c1ccc2c(c1)CCC2. The van der Waals surface area contributed by atoms with Gasteiger partial charge in [-0.3, -0.25) is 0 Å². The number of rotatable bonds is 1. The number of aryl methyl sites for hydroxylation is 2. The minimum atomic E-state index is -3.50. The first-order valence-corrected chi connectivity index (χ1v) is 7.76. The molecule has 0 aliphatic heterocycles. The molecule has 2 aromatic carbocycles. The highest BCUT2D eigenvalue weighted by molar-refractivity contribution is 7.89. The van der Waals surface area contributed by atoms with Crippen LogP contribution >= 0.6 is 0 Å². The van der Waals surface area contributed by atoms with E-state index in [4.69, 9.17) is 5.14 Å².